The zero-order valence-electron chi connectivity index (χ0n) is 12.2. The molecule has 18 heavy (non-hydrogen) atoms. The number of carbonyl (C=O) groups excluding carboxylic acids is 1. The summed E-state index contributed by atoms with van der Waals surface area (Å²) >= 11 is 0. The molecule has 0 amide bonds. The molecule has 106 valence electrons. The molecule has 1 N–H and O–H groups in total. The summed E-state index contributed by atoms with van der Waals surface area (Å²) in [6, 6.07) is 0. The number of rotatable bonds is 8. The van der Waals surface area contributed by atoms with Gasteiger partial charge in [-0.05, 0) is 19.3 Å². The summed E-state index contributed by atoms with van der Waals surface area (Å²) in [5.74, 6) is 0.779. The zero-order valence-corrected chi connectivity index (χ0v) is 12.2. The highest BCUT2D eigenvalue weighted by atomic mass is 16.5. The second kappa shape index (κ2) is 10.9. The third kappa shape index (κ3) is 7.92. The van der Waals surface area contributed by atoms with Gasteiger partial charge in [0.15, 0.2) is 5.96 Å². The van der Waals surface area contributed by atoms with Crippen LogP contribution >= 0.6 is 0 Å². The van der Waals surface area contributed by atoms with Gasteiger partial charge in [0.2, 0.25) is 0 Å². The highest BCUT2D eigenvalue weighted by Crippen LogP contribution is 1.97. The maximum absolute atomic E-state index is 10.9. The van der Waals surface area contributed by atoms with Crippen LogP contribution in [-0.2, 0) is 9.53 Å². The first kappa shape index (κ1) is 16.7. The molecule has 0 aliphatic heterocycles. The van der Waals surface area contributed by atoms with Gasteiger partial charge in [0.25, 0.3) is 0 Å². The van der Waals surface area contributed by atoms with Gasteiger partial charge < -0.3 is 15.0 Å². The van der Waals surface area contributed by atoms with E-state index in [0.29, 0.717) is 6.42 Å². The van der Waals surface area contributed by atoms with Crippen LogP contribution in [0.2, 0.25) is 0 Å². The van der Waals surface area contributed by atoms with Gasteiger partial charge in [-0.2, -0.15) is 0 Å². The molecule has 0 aromatic heterocycles. The molecule has 0 fully saturated rings. The number of hydrogen-bond acceptors (Lipinski definition) is 3. The normalized spacial score (nSPS) is 11.2. The first-order valence-electron chi connectivity index (χ1n) is 6.64. The van der Waals surface area contributed by atoms with Crippen molar-refractivity contribution in [3.05, 3.63) is 0 Å². The standard InChI is InChI=1S/C13H27N3O2/c1-5-6-11-16(3)13(14-2)15-10-8-7-9-12(17)18-4/h5-11H2,1-4H3,(H,14,15). The molecule has 0 bridgehead atoms. The Morgan fingerprint density at radius 1 is 1.33 bits per heavy atom. The summed E-state index contributed by atoms with van der Waals surface area (Å²) in [7, 11) is 5.25. The van der Waals surface area contributed by atoms with Gasteiger partial charge in [-0.25, -0.2) is 0 Å². The number of aliphatic imine (C=N–C) groups is 1. The smallest absolute Gasteiger partial charge is 0.305 e. The first-order chi connectivity index (χ1) is 8.65. The van der Waals surface area contributed by atoms with Gasteiger partial charge >= 0.3 is 5.97 Å². The summed E-state index contributed by atoms with van der Waals surface area (Å²) in [6.07, 6.45) is 4.62. The van der Waals surface area contributed by atoms with Crippen molar-refractivity contribution in [2.45, 2.75) is 39.0 Å². The lowest BCUT2D eigenvalue weighted by Crippen LogP contribution is -2.39. The fourth-order valence-electron chi connectivity index (χ4n) is 1.58. The first-order valence-corrected chi connectivity index (χ1v) is 6.64. The highest BCUT2D eigenvalue weighted by molar-refractivity contribution is 5.79. The molecule has 0 aromatic rings. The molecule has 0 saturated carbocycles. The minimum atomic E-state index is -0.139. The molecule has 0 aliphatic carbocycles. The molecule has 0 radical (unpaired) electrons. The molecular weight excluding hydrogens is 230 g/mol. The number of methoxy groups -OCH3 is 1. The van der Waals surface area contributed by atoms with Crippen LogP contribution in [0, 0.1) is 0 Å². The number of nitrogens with zero attached hydrogens (tertiary/aromatic N) is 2. The summed E-state index contributed by atoms with van der Waals surface area (Å²) in [6.45, 7) is 4.02. The van der Waals surface area contributed by atoms with Crippen LogP contribution in [0.15, 0.2) is 4.99 Å². The van der Waals surface area contributed by atoms with E-state index >= 15 is 0 Å². The van der Waals surface area contributed by atoms with Crippen LogP contribution in [0.4, 0.5) is 0 Å². The summed E-state index contributed by atoms with van der Waals surface area (Å²) < 4.78 is 4.59. The predicted molar refractivity (Wildman–Crippen MR) is 74.8 cm³/mol. The molecule has 0 saturated heterocycles. The second-order valence-electron chi connectivity index (χ2n) is 4.28. The van der Waals surface area contributed by atoms with Crippen LogP contribution in [0.1, 0.15) is 39.0 Å². The van der Waals surface area contributed by atoms with E-state index in [1.165, 1.54) is 20.0 Å². The number of esters is 1. The SMILES string of the molecule is CCCCN(C)C(=NC)NCCCCC(=O)OC. The molecule has 0 spiro atoms. The van der Waals surface area contributed by atoms with E-state index < -0.39 is 0 Å². The average molecular weight is 257 g/mol. The molecule has 5 nitrogen and oxygen atoms in total. The Balaban J connectivity index is 3.71. The third-order valence-corrected chi connectivity index (χ3v) is 2.74. The Kier molecular flexibility index (Phi) is 10.1. The van der Waals surface area contributed by atoms with Crippen molar-refractivity contribution in [3.63, 3.8) is 0 Å². The highest BCUT2D eigenvalue weighted by Gasteiger charge is 2.04. The van der Waals surface area contributed by atoms with Crippen molar-refractivity contribution < 1.29 is 9.53 Å². The van der Waals surface area contributed by atoms with E-state index in [2.05, 4.69) is 26.9 Å². The molecular formula is C13H27N3O2. The largest absolute Gasteiger partial charge is 0.469 e. The van der Waals surface area contributed by atoms with E-state index in [1.807, 2.05) is 7.05 Å². The zero-order chi connectivity index (χ0) is 13.8. The topological polar surface area (TPSA) is 53.9 Å². The van der Waals surface area contributed by atoms with E-state index in [4.69, 9.17) is 0 Å². The molecule has 0 unspecified atom stereocenters. The number of carbonyl (C=O) groups is 1. The van der Waals surface area contributed by atoms with Crippen LogP contribution in [0.25, 0.3) is 0 Å². The third-order valence-electron chi connectivity index (χ3n) is 2.74. The van der Waals surface area contributed by atoms with Gasteiger partial charge in [-0.15, -0.1) is 0 Å². The van der Waals surface area contributed by atoms with Gasteiger partial charge in [-0.3, -0.25) is 9.79 Å². The fourth-order valence-corrected chi connectivity index (χ4v) is 1.58. The van der Waals surface area contributed by atoms with Gasteiger partial charge in [-0.1, -0.05) is 13.3 Å². The number of hydrogen-bond donors (Lipinski definition) is 1. The van der Waals surface area contributed by atoms with Crippen molar-refractivity contribution >= 4 is 11.9 Å². The quantitative estimate of drug-likeness (QED) is 0.311. The molecule has 5 heteroatoms. The summed E-state index contributed by atoms with van der Waals surface area (Å²) in [5, 5.41) is 3.29. The summed E-state index contributed by atoms with van der Waals surface area (Å²) in [4.78, 5) is 17.3. The van der Waals surface area contributed by atoms with Crippen LogP contribution in [0.3, 0.4) is 0 Å². The van der Waals surface area contributed by atoms with E-state index in [1.54, 1.807) is 7.05 Å². The van der Waals surface area contributed by atoms with Crippen molar-refractivity contribution in [1.29, 1.82) is 0 Å². The molecule has 0 atom stereocenters. The number of ether oxygens (including phenoxy) is 1. The fraction of sp³-hybridized carbons (Fsp3) is 0.846. The van der Waals surface area contributed by atoms with Crippen LogP contribution in [-0.4, -0.2) is 51.1 Å². The minimum absolute atomic E-state index is 0.139. The lowest BCUT2D eigenvalue weighted by molar-refractivity contribution is -0.140. The number of nitrogens with one attached hydrogen (secondary N) is 1. The molecule has 0 aromatic carbocycles. The Labute approximate surface area is 111 Å². The van der Waals surface area contributed by atoms with Crippen molar-refractivity contribution in [3.8, 4) is 0 Å². The Morgan fingerprint density at radius 3 is 2.61 bits per heavy atom. The lowest BCUT2D eigenvalue weighted by atomic mass is 10.2. The maximum atomic E-state index is 10.9. The van der Waals surface area contributed by atoms with Crippen LogP contribution in [0.5, 0.6) is 0 Å². The van der Waals surface area contributed by atoms with E-state index in [9.17, 15) is 4.79 Å². The van der Waals surface area contributed by atoms with Gasteiger partial charge in [0, 0.05) is 33.6 Å². The Hall–Kier alpha value is -1.26. The predicted octanol–water partition coefficient (Wildman–Crippen LogP) is 1.64. The van der Waals surface area contributed by atoms with E-state index in [-0.39, 0.29) is 5.97 Å². The number of guanidine groups is 1. The van der Waals surface area contributed by atoms with Gasteiger partial charge in [0.1, 0.15) is 0 Å². The van der Waals surface area contributed by atoms with E-state index in [0.717, 1.165) is 31.9 Å². The summed E-state index contributed by atoms with van der Waals surface area (Å²) in [5.41, 5.74) is 0. The maximum Gasteiger partial charge on any atom is 0.305 e. The molecule has 0 aliphatic rings. The molecule has 0 heterocycles. The average Bonchev–Trinajstić information content (AvgIpc) is 2.39. The minimum Gasteiger partial charge on any atom is -0.469 e. The lowest BCUT2D eigenvalue weighted by Gasteiger charge is -2.21. The Morgan fingerprint density at radius 2 is 2.06 bits per heavy atom. The Bertz CT molecular complexity index is 255. The monoisotopic (exact) mass is 257 g/mol. The van der Waals surface area contributed by atoms with Gasteiger partial charge in [0.05, 0.1) is 7.11 Å². The van der Waals surface area contributed by atoms with Crippen molar-refractivity contribution in [2.24, 2.45) is 4.99 Å². The number of unbranched alkanes of at least 4 members (excludes halogenated alkanes) is 2. The van der Waals surface area contributed by atoms with Crippen molar-refractivity contribution in [2.75, 3.05) is 34.3 Å². The second-order valence-corrected chi connectivity index (χ2v) is 4.28. The van der Waals surface area contributed by atoms with Crippen LogP contribution < -0.4 is 5.32 Å². The molecule has 0 rings (SSSR count). The van der Waals surface area contributed by atoms with Crippen molar-refractivity contribution in [1.82, 2.24) is 10.2 Å².